The molecule has 12 nitrogen and oxygen atoms in total. The lowest BCUT2D eigenvalue weighted by Crippen LogP contribution is -2.17. The Morgan fingerprint density at radius 2 is 0.589 bits per heavy atom. The molecule has 0 saturated heterocycles. The zero-order valence-corrected chi connectivity index (χ0v) is 33.8. The molecule has 0 fully saturated rings. The van der Waals surface area contributed by atoms with Gasteiger partial charge in [0.05, 0.1) is 19.6 Å². The van der Waals surface area contributed by atoms with E-state index in [2.05, 4.69) is 0 Å². The maximum atomic E-state index is 12.0. The Balaban J connectivity index is 1.50. The summed E-state index contributed by atoms with van der Waals surface area (Å²) in [6.07, 6.45) is 0.373. The van der Waals surface area contributed by atoms with Gasteiger partial charge in [-0.1, -0.05) is 97.1 Å². The van der Waals surface area contributed by atoms with Crippen LogP contribution in [0.25, 0.3) is 11.1 Å². The summed E-state index contributed by atoms with van der Waals surface area (Å²) in [5, 5.41) is 1.69. The van der Waals surface area contributed by atoms with Gasteiger partial charge >= 0.3 is 0 Å². The molecule has 0 atom stereocenters. The van der Waals surface area contributed by atoms with Gasteiger partial charge in [-0.15, -0.1) is 0 Å². The van der Waals surface area contributed by atoms with Gasteiger partial charge in [0.15, 0.2) is 0 Å². The van der Waals surface area contributed by atoms with Crippen LogP contribution in [0.5, 0.6) is 0 Å². The molecule has 0 aromatic heterocycles. The first-order valence-corrected chi connectivity index (χ1v) is 24.9. The first-order valence-electron chi connectivity index (χ1n) is 16.2. The molecule has 0 bridgehead atoms. The van der Waals surface area contributed by atoms with Crippen molar-refractivity contribution in [3.63, 3.8) is 0 Å². The van der Waals surface area contributed by atoms with Crippen LogP contribution in [0, 0.1) is 0 Å². The van der Waals surface area contributed by atoms with Gasteiger partial charge in [0.1, 0.15) is 40.5 Å². The van der Waals surface area contributed by atoms with E-state index in [-0.39, 0.29) is 12.3 Å². The van der Waals surface area contributed by atoms with Gasteiger partial charge in [-0.3, -0.25) is 0 Å². The van der Waals surface area contributed by atoms with E-state index in [0.717, 1.165) is 35.4 Å². The summed E-state index contributed by atoms with van der Waals surface area (Å²) in [5.74, 6) is 0. The van der Waals surface area contributed by atoms with Crippen LogP contribution < -0.4 is 21.2 Å². The summed E-state index contributed by atoms with van der Waals surface area (Å²) in [6.45, 7) is 0. The molecule has 0 spiro atoms. The van der Waals surface area contributed by atoms with E-state index in [4.69, 9.17) is 0 Å². The molecule has 0 radical (unpaired) electrons. The highest BCUT2D eigenvalue weighted by molar-refractivity contribution is 7.86. The van der Waals surface area contributed by atoms with Crippen molar-refractivity contribution in [1.29, 1.82) is 0 Å². The third-order valence-electron chi connectivity index (χ3n) is 8.65. The summed E-state index contributed by atoms with van der Waals surface area (Å²) in [6, 6.07) is 36.2. The molecule has 290 valence electrons. The minimum absolute atomic E-state index is 0.187. The standard InChI is InChI=1S/C38H32O12P2S4/c39-53(40,41)33-15-5-11-29(21-33)51(30-12-6-16-34(22-30)54(42,43)44)25-27-9-1-3-19-37(27)38-20-4-2-10-28(38)26-52(31-13-7-17-35(23-31)55(45,46)47)32-14-8-18-36(24-32)56(48,49)50/h1-24H,25-26H2,(H,39,40,41)(H,42,43,44)(H,45,46,47)(H,48,49,50)/p-4. The van der Waals surface area contributed by atoms with E-state index in [0.29, 0.717) is 32.3 Å². The van der Waals surface area contributed by atoms with E-state index >= 15 is 0 Å². The first kappa shape index (κ1) is 41.5. The monoisotopic (exact) mass is 866 g/mol. The molecule has 18 heteroatoms. The molecule has 0 aliphatic rings. The average molecular weight is 867 g/mol. The van der Waals surface area contributed by atoms with Crippen molar-refractivity contribution in [2.24, 2.45) is 0 Å². The van der Waals surface area contributed by atoms with Gasteiger partial charge in [0.25, 0.3) is 0 Å². The molecule has 56 heavy (non-hydrogen) atoms. The van der Waals surface area contributed by atoms with Crippen LogP contribution in [0.4, 0.5) is 0 Å². The van der Waals surface area contributed by atoms with Crippen LogP contribution in [0.3, 0.4) is 0 Å². The largest absolute Gasteiger partial charge is 0.744 e. The minimum atomic E-state index is -4.87. The summed E-state index contributed by atoms with van der Waals surface area (Å²) in [4.78, 5) is -1.93. The Kier molecular flexibility index (Phi) is 12.1. The lowest BCUT2D eigenvalue weighted by molar-refractivity contribution is 0.461. The highest BCUT2D eigenvalue weighted by Gasteiger charge is 2.23. The smallest absolute Gasteiger partial charge is 0.124 e. The van der Waals surface area contributed by atoms with Gasteiger partial charge in [-0.25, -0.2) is 33.7 Å². The first-order chi connectivity index (χ1) is 26.3. The molecule has 0 unspecified atom stereocenters. The van der Waals surface area contributed by atoms with E-state index in [9.17, 15) is 51.9 Å². The second-order valence-electron chi connectivity index (χ2n) is 12.3. The molecule has 6 aromatic rings. The summed E-state index contributed by atoms with van der Waals surface area (Å²) >= 11 is 0. The molecular weight excluding hydrogens is 839 g/mol. The topological polar surface area (TPSA) is 229 Å². The van der Waals surface area contributed by atoms with Gasteiger partial charge in [-0.05, 0) is 108 Å². The van der Waals surface area contributed by atoms with Crippen molar-refractivity contribution >= 4 is 77.5 Å². The number of rotatable bonds is 13. The van der Waals surface area contributed by atoms with E-state index in [1.165, 1.54) is 48.5 Å². The molecule has 6 rings (SSSR count). The Morgan fingerprint density at radius 1 is 0.339 bits per heavy atom. The predicted molar refractivity (Wildman–Crippen MR) is 209 cm³/mol. The van der Waals surface area contributed by atoms with Crippen LogP contribution in [-0.2, 0) is 52.8 Å². The molecule has 0 amide bonds. The fraction of sp³-hybridized carbons (Fsp3) is 0.0526. The van der Waals surface area contributed by atoms with E-state index in [1.807, 2.05) is 24.3 Å². The Labute approximate surface area is 327 Å². The maximum Gasteiger partial charge on any atom is 0.124 e. The van der Waals surface area contributed by atoms with Gasteiger partial charge < -0.3 is 18.2 Å². The molecular formula is C38H28O12P2S4-4. The lowest BCUT2D eigenvalue weighted by atomic mass is 9.97. The van der Waals surface area contributed by atoms with Crippen LogP contribution in [0.15, 0.2) is 165 Å². The summed E-state index contributed by atoms with van der Waals surface area (Å²) < 4.78 is 144. The van der Waals surface area contributed by atoms with Crippen molar-refractivity contribution in [3.8, 4) is 11.1 Å². The van der Waals surface area contributed by atoms with Crippen molar-refractivity contribution in [3.05, 3.63) is 157 Å². The number of hydrogen-bond acceptors (Lipinski definition) is 12. The normalized spacial score (nSPS) is 12.6. The zero-order valence-electron chi connectivity index (χ0n) is 28.7. The molecule has 0 aliphatic heterocycles. The fourth-order valence-electron chi connectivity index (χ4n) is 6.07. The Hall–Kier alpha value is -4.18. The maximum absolute atomic E-state index is 12.0. The molecule has 6 aromatic carbocycles. The van der Waals surface area contributed by atoms with Crippen LogP contribution in [0.2, 0.25) is 0 Å². The zero-order chi connectivity index (χ0) is 40.5. The van der Waals surface area contributed by atoms with Crippen molar-refractivity contribution in [2.75, 3.05) is 0 Å². The van der Waals surface area contributed by atoms with Crippen molar-refractivity contribution in [2.45, 2.75) is 31.9 Å². The van der Waals surface area contributed by atoms with E-state index < -0.39 is 75.9 Å². The van der Waals surface area contributed by atoms with Crippen LogP contribution in [-0.4, -0.2) is 51.9 Å². The van der Waals surface area contributed by atoms with Crippen LogP contribution in [0.1, 0.15) is 11.1 Å². The van der Waals surface area contributed by atoms with E-state index in [1.54, 1.807) is 48.5 Å². The molecule has 0 saturated carbocycles. The Morgan fingerprint density at radius 3 is 0.839 bits per heavy atom. The highest BCUT2D eigenvalue weighted by Crippen LogP contribution is 2.45. The Bertz CT molecular complexity index is 2550. The van der Waals surface area contributed by atoms with Crippen LogP contribution >= 0.6 is 15.8 Å². The second kappa shape index (κ2) is 16.4. The SMILES string of the molecule is O=S(=O)([O-])c1cccc(P(Cc2ccccc2-c2ccccc2CP(c2cccc(S(=O)(=O)[O-])c2)c2cccc(S(=O)(=O)[O-])c2)c2cccc(S(=O)(=O)[O-])c2)c1. The summed E-state index contributed by atoms with van der Waals surface area (Å²) in [7, 11) is -22.8. The fourth-order valence-corrected chi connectivity index (χ4v) is 13.3. The van der Waals surface area contributed by atoms with Gasteiger partial charge in [0.2, 0.25) is 0 Å². The molecule has 0 N–H and O–H groups in total. The highest BCUT2D eigenvalue weighted by atomic mass is 32.2. The predicted octanol–water partition coefficient (Wildman–Crippen LogP) is 4.24. The molecule has 0 aliphatic carbocycles. The summed E-state index contributed by atoms with van der Waals surface area (Å²) in [5.41, 5.74) is 2.86. The minimum Gasteiger partial charge on any atom is -0.744 e. The van der Waals surface area contributed by atoms with Gasteiger partial charge in [0, 0.05) is 12.3 Å². The number of benzene rings is 6. The lowest BCUT2D eigenvalue weighted by Gasteiger charge is -2.25. The van der Waals surface area contributed by atoms with Crippen molar-refractivity contribution in [1.82, 2.24) is 0 Å². The third kappa shape index (κ3) is 9.85. The number of hydrogen-bond donors (Lipinski definition) is 0. The second-order valence-corrected chi connectivity index (χ2v) is 22.2. The average Bonchev–Trinajstić information content (AvgIpc) is 3.15. The van der Waals surface area contributed by atoms with Gasteiger partial charge in [-0.2, -0.15) is 0 Å². The quantitative estimate of drug-likeness (QED) is 0.117. The van der Waals surface area contributed by atoms with Crippen molar-refractivity contribution < 1.29 is 51.9 Å². The molecule has 0 heterocycles. The third-order valence-corrected chi connectivity index (χ3v) is 16.9.